The molecule has 0 spiro atoms. The SMILES string of the molecule is CN(C)CCN(C)c1c(Cl)cc(N)cc1Cl. The lowest BCUT2D eigenvalue weighted by molar-refractivity contribution is 0.416. The number of nitrogens with zero attached hydrogens (tertiary/aromatic N) is 2. The first-order valence-electron chi connectivity index (χ1n) is 5.02. The minimum atomic E-state index is 0.583. The maximum atomic E-state index is 6.13. The third-order valence-electron chi connectivity index (χ3n) is 2.30. The zero-order valence-corrected chi connectivity index (χ0v) is 11.3. The third kappa shape index (κ3) is 3.44. The lowest BCUT2D eigenvalue weighted by atomic mass is 10.2. The van der Waals surface area contributed by atoms with E-state index >= 15 is 0 Å². The molecule has 3 nitrogen and oxygen atoms in total. The molecule has 0 bridgehead atoms. The molecule has 0 unspecified atom stereocenters. The van der Waals surface area contributed by atoms with Crippen molar-refractivity contribution in [1.29, 1.82) is 0 Å². The lowest BCUT2D eigenvalue weighted by Gasteiger charge is -2.23. The Morgan fingerprint density at radius 1 is 1.06 bits per heavy atom. The van der Waals surface area contributed by atoms with Gasteiger partial charge < -0.3 is 15.5 Å². The summed E-state index contributed by atoms with van der Waals surface area (Å²) >= 11 is 12.3. The number of likely N-dealkylation sites (N-methyl/N-ethyl adjacent to an activating group) is 2. The van der Waals surface area contributed by atoms with E-state index in [1.165, 1.54) is 0 Å². The number of hydrogen-bond donors (Lipinski definition) is 1. The number of nitrogen functional groups attached to an aromatic ring is 1. The first kappa shape index (κ1) is 13.4. The summed E-state index contributed by atoms with van der Waals surface area (Å²) in [6.07, 6.45) is 0. The summed E-state index contributed by atoms with van der Waals surface area (Å²) < 4.78 is 0. The van der Waals surface area contributed by atoms with Crippen molar-refractivity contribution >= 4 is 34.6 Å². The normalized spacial score (nSPS) is 10.9. The van der Waals surface area contributed by atoms with Crippen LogP contribution in [0.1, 0.15) is 0 Å². The predicted molar refractivity (Wildman–Crippen MR) is 72.7 cm³/mol. The zero-order chi connectivity index (χ0) is 12.3. The van der Waals surface area contributed by atoms with Crippen LogP contribution in [0.2, 0.25) is 10.0 Å². The average Bonchev–Trinajstić information content (AvgIpc) is 2.12. The van der Waals surface area contributed by atoms with E-state index in [0.717, 1.165) is 18.8 Å². The first-order chi connectivity index (χ1) is 7.41. The highest BCUT2D eigenvalue weighted by molar-refractivity contribution is 6.39. The molecule has 5 heteroatoms. The van der Waals surface area contributed by atoms with Crippen LogP contribution in [0.5, 0.6) is 0 Å². The molecule has 0 atom stereocenters. The van der Waals surface area contributed by atoms with Gasteiger partial charge in [0.2, 0.25) is 0 Å². The van der Waals surface area contributed by atoms with Crippen LogP contribution in [0, 0.1) is 0 Å². The van der Waals surface area contributed by atoms with Gasteiger partial charge in [-0.2, -0.15) is 0 Å². The Labute approximate surface area is 107 Å². The largest absolute Gasteiger partial charge is 0.399 e. The van der Waals surface area contributed by atoms with Gasteiger partial charge in [-0.25, -0.2) is 0 Å². The molecule has 0 aliphatic carbocycles. The van der Waals surface area contributed by atoms with Crippen molar-refractivity contribution in [2.45, 2.75) is 0 Å². The van der Waals surface area contributed by atoms with Gasteiger partial charge in [-0.1, -0.05) is 23.2 Å². The van der Waals surface area contributed by atoms with Crippen molar-refractivity contribution in [1.82, 2.24) is 4.90 Å². The zero-order valence-electron chi connectivity index (χ0n) is 9.80. The van der Waals surface area contributed by atoms with Gasteiger partial charge in [-0.05, 0) is 26.2 Å². The van der Waals surface area contributed by atoms with Crippen LogP contribution < -0.4 is 10.6 Å². The molecule has 2 N–H and O–H groups in total. The molecule has 1 rings (SSSR count). The van der Waals surface area contributed by atoms with E-state index in [2.05, 4.69) is 4.90 Å². The summed E-state index contributed by atoms with van der Waals surface area (Å²) in [4.78, 5) is 4.14. The first-order valence-corrected chi connectivity index (χ1v) is 5.77. The molecular weight excluding hydrogens is 245 g/mol. The van der Waals surface area contributed by atoms with Gasteiger partial charge in [0.25, 0.3) is 0 Å². The monoisotopic (exact) mass is 261 g/mol. The number of rotatable bonds is 4. The van der Waals surface area contributed by atoms with E-state index in [-0.39, 0.29) is 0 Å². The molecule has 0 saturated heterocycles. The number of nitrogens with two attached hydrogens (primary N) is 1. The van der Waals surface area contributed by atoms with Gasteiger partial charge in [-0.3, -0.25) is 0 Å². The van der Waals surface area contributed by atoms with Gasteiger partial charge in [0.05, 0.1) is 15.7 Å². The van der Waals surface area contributed by atoms with E-state index in [1.807, 2.05) is 26.0 Å². The van der Waals surface area contributed by atoms with E-state index in [0.29, 0.717) is 15.7 Å². The smallest absolute Gasteiger partial charge is 0.0744 e. The van der Waals surface area contributed by atoms with Crippen LogP contribution in [0.25, 0.3) is 0 Å². The molecule has 0 fully saturated rings. The Morgan fingerprint density at radius 3 is 2.00 bits per heavy atom. The van der Waals surface area contributed by atoms with Crippen LogP contribution >= 0.6 is 23.2 Å². The van der Waals surface area contributed by atoms with Gasteiger partial charge in [0.15, 0.2) is 0 Å². The number of anilines is 2. The highest BCUT2D eigenvalue weighted by Crippen LogP contribution is 2.35. The van der Waals surface area contributed by atoms with Crippen molar-refractivity contribution in [3.05, 3.63) is 22.2 Å². The lowest BCUT2D eigenvalue weighted by Crippen LogP contribution is -2.28. The second-order valence-electron chi connectivity index (χ2n) is 4.06. The molecule has 0 heterocycles. The minimum Gasteiger partial charge on any atom is -0.399 e. The molecule has 0 radical (unpaired) electrons. The summed E-state index contributed by atoms with van der Waals surface area (Å²) in [5.74, 6) is 0. The molecule has 16 heavy (non-hydrogen) atoms. The van der Waals surface area contributed by atoms with E-state index < -0.39 is 0 Å². The van der Waals surface area contributed by atoms with Gasteiger partial charge in [0.1, 0.15) is 0 Å². The fraction of sp³-hybridized carbons (Fsp3) is 0.455. The van der Waals surface area contributed by atoms with Crippen molar-refractivity contribution in [2.24, 2.45) is 0 Å². The van der Waals surface area contributed by atoms with Crippen LogP contribution in [-0.4, -0.2) is 39.1 Å². The van der Waals surface area contributed by atoms with Gasteiger partial charge >= 0.3 is 0 Å². The Balaban J connectivity index is 2.86. The fourth-order valence-corrected chi connectivity index (χ4v) is 2.20. The molecule has 0 aliphatic rings. The topological polar surface area (TPSA) is 32.5 Å². The summed E-state index contributed by atoms with van der Waals surface area (Å²) in [5.41, 5.74) is 7.07. The quantitative estimate of drug-likeness (QED) is 0.846. The van der Waals surface area contributed by atoms with E-state index in [9.17, 15) is 0 Å². The highest BCUT2D eigenvalue weighted by atomic mass is 35.5. The second kappa shape index (κ2) is 5.62. The Hall–Kier alpha value is -0.640. The summed E-state index contributed by atoms with van der Waals surface area (Å²) in [5, 5.41) is 1.18. The maximum absolute atomic E-state index is 6.13. The van der Waals surface area contributed by atoms with Crippen LogP contribution in [0.3, 0.4) is 0 Å². The standard InChI is InChI=1S/C11H17Cl2N3/c1-15(2)4-5-16(3)11-9(12)6-8(14)7-10(11)13/h6-7H,4-5,14H2,1-3H3. The predicted octanol–water partition coefficient (Wildman–Crippen LogP) is 2.57. The molecular formula is C11H17Cl2N3. The number of hydrogen-bond acceptors (Lipinski definition) is 3. The molecule has 0 aromatic heterocycles. The summed E-state index contributed by atoms with van der Waals surface area (Å²) in [7, 11) is 6.02. The fourth-order valence-electron chi connectivity index (χ4n) is 1.41. The van der Waals surface area contributed by atoms with E-state index in [4.69, 9.17) is 28.9 Å². The van der Waals surface area contributed by atoms with Crippen LogP contribution in [-0.2, 0) is 0 Å². The number of benzene rings is 1. The summed E-state index contributed by atoms with van der Waals surface area (Å²) in [6, 6.07) is 3.43. The third-order valence-corrected chi connectivity index (χ3v) is 2.88. The molecule has 1 aromatic rings. The summed E-state index contributed by atoms with van der Waals surface area (Å²) in [6.45, 7) is 1.80. The minimum absolute atomic E-state index is 0.583. The van der Waals surface area contributed by atoms with Crippen molar-refractivity contribution < 1.29 is 0 Å². The van der Waals surface area contributed by atoms with Gasteiger partial charge in [0, 0.05) is 25.8 Å². The van der Waals surface area contributed by atoms with Crippen molar-refractivity contribution in [3.63, 3.8) is 0 Å². The molecule has 0 saturated carbocycles. The Kier molecular flexibility index (Phi) is 4.71. The van der Waals surface area contributed by atoms with E-state index in [1.54, 1.807) is 12.1 Å². The van der Waals surface area contributed by atoms with Crippen molar-refractivity contribution in [3.8, 4) is 0 Å². The average molecular weight is 262 g/mol. The van der Waals surface area contributed by atoms with Crippen LogP contribution in [0.15, 0.2) is 12.1 Å². The molecule has 0 amide bonds. The molecule has 1 aromatic carbocycles. The Morgan fingerprint density at radius 2 is 1.56 bits per heavy atom. The highest BCUT2D eigenvalue weighted by Gasteiger charge is 2.11. The van der Waals surface area contributed by atoms with Crippen molar-refractivity contribution in [2.75, 3.05) is 44.9 Å². The van der Waals surface area contributed by atoms with Gasteiger partial charge in [-0.15, -0.1) is 0 Å². The Bertz CT molecular complexity index is 343. The second-order valence-corrected chi connectivity index (χ2v) is 4.87. The van der Waals surface area contributed by atoms with Crippen LogP contribution in [0.4, 0.5) is 11.4 Å². The molecule has 0 aliphatic heterocycles. The molecule has 90 valence electrons. The maximum Gasteiger partial charge on any atom is 0.0744 e. The number of halogens is 2.